The maximum absolute atomic E-state index is 12.3. The van der Waals surface area contributed by atoms with Gasteiger partial charge in [0.25, 0.3) is 11.6 Å². The molecule has 0 radical (unpaired) electrons. The van der Waals surface area contributed by atoms with Crippen LogP contribution in [0.3, 0.4) is 0 Å². The van der Waals surface area contributed by atoms with E-state index >= 15 is 0 Å². The fourth-order valence-electron chi connectivity index (χ4n) is 2.43. The Balaban J connectivity index is 2.33. The lowest BCUT2D eigenvalue weighted by molar-refractivity contribution is -0.385. The first kappa shape index (κ1) is 15.4. The van der Waals surface area contributed by atoms with Gasteiger partial charge in [-0.2, -0.15) is 0 Å². The number of hydrogen-bond acceptors (Lipinski definition) is 5. The van der Waals surface area contributed by atoms with Crippen LogP contribution in [0.25, 0.3) is 0 Å². The minimum atomic E-state index is -1.34. The molecule has 0 aromatic heterocycles. The molecule has 116 valence electrons. The standard InChI is InChI=1S/C13H12N2O7/c16-11(17)5-4-10(13(19)20)14-6-8-7(12(14)18)2-1-3-9(8)15(21)22/h1-3,10H,4-6H2,(H,16,17)(H,19,20)/t10-/m0/s1. The number of carbonyl (C=O) groups excluding carboxylic acids is 1. The largest absolute Gasteiger partial charge is 0.481 e. The van der Waals surface area contributed by atoms with E-state index in [4.69, 9.17) is 5.11 Å². The van der Waals surface area contributed by atoms with Crippen molar-refractivity contribution in [1.29, 1.82) is 0 Å². The summed E-state index contributed by atoms with van der Waals surface area (Å²) < 4.78 is 0. The number of nitro benzene ring substituents is 1. The van der Waals surface area contributed by atoms with Crippen molar-refractivity contribution in [2.24, 2.45) is 0 Å². The minimum absolute atomic E-state index is 0.0794. The van der Waals surface area contributed by atoms with Crippen molar-refractivity contribution < 1.29 is 29.5 Å². The number of nitro groups is 1. The molecule has 0 fully saturated rings. The summed E-state index contributed by atoms with van der Waals surface area (Å²) >= 11 is 0. The molecule has 9 nitrogen and oxygen atoms in total. The third-order valence-corrected chi connectivity index (χ3v) is 3.46. The Morgan fingerprint density at radius 1 is 1.36 bits per heavy atom. The van der Waals surface area contributed by atoms with Gasteiger partial charge in [0, 0.05) is 12.5 Å². The number of benzene rings is 1. The summed E-state index contributed by atoms with van der Waals surface area (Å²) in [4.78, 5) is 45.4. The van der Waals surface area contributed by atoms with Crippen molar-refractivity contribution in [3.63, 3.8) is 0 Å². The Morgan fingerprint density at radius 2 is 2.05 bits per heavy atom. The van der Waals surface area contributed by atoms with Gasteiger partial charge in [-0.1, -0.05) is 6.07 Å². The molecule has 1 aromatic rings. The average molecular weight is 308 g/mol. The van der Waals surface area contributed by atoms with Gasteiger partial charge in [0.2, 0.25) is 0 Å². The van der Waals surface area contributed by atoms with Gasteiger partial charge in [-0.3, -0.25) is 19.7 Å². The summed E-state index contributed by atoms with van der Waals surface area (Å²) in [6, 6.07) is 2.64. The molecule has 9 heteroatoms. The molecular formula is C13H12N2O7. The first-order chi connectivity index (χ1) is 10.3. The predicted octanol–water partition coefficient (Wildman–Crippen LogP) is 0.869. The van der Waals surface area contributed by atoms with E-state index in [1.807, 2.05) is 0 Å². The fourth-order valence-corrected chi connectivity index (χ4v) is 2.43. The third kappa shape index (κ3) is 2.73. The van der Waals surface area contributed by atoms with Crippen molar-refractivity contribution in [3.05, 3.63) is 39.4 Å². The number of rotatable bonds is 6. The Morgan fingerprint density at radius 3 is 2.59 bits per heavy atom. The second kappa shape index (κ2) is 5.80. The molecule has 0 bridgehead atoms. The highest BCUT2D eigenvalue weighted by Gasteiger charge is 2.39. The van der Waals surface area contributed by atoms with Crippen LogP contribution in [0.1, 0.15) is 28.8 Å². The highest BCUT2D eigenvalue weighted by molar-refractivity contribution is 6.01. The molecule has 0 spiro atoms. The number of aliphatic carboxylic acids is 2. The van der Waals surface area contributed by atoms with Gasteiger partial charge in [-0.05, 0) is 12.5 Å². The molecule has 1 aliphatic heterocycles. The average Bonchev–Trinajstić information content (AvgIpc) is 2.76. The quantitative estimate of drug-likeness (QED) is 0.587. The summed E-state index contributed by atoms with van der Waals surface area (Å²) in [6.45, 7) is -0.220. The molecule has 1 amide bonds. The lowest BCUT2D eigenvalue weighted by Gasteiger charge is -2.23. The second-order valence-electron chi connectivity index (χ2n) is 4.78. The van der Waals surface area contributed by atoms with E-state index in [0.717, 1.165) is 4.90 Å². The fraction of sp³-hybridized carbons (Fsp3) is 0.308. The van der Waals surface area contributed by atoms with Crippen molar-refractivity contribution >= 4 is 23.5 Å². The van der Waals surface area contributed by atoms with Crippen LogP contribution in [0.4, 0.5) is 5.69 Å². The highest BCUT2D eigenvalue weighted by atomic mass is 16.6. The van der Waals surface area contributed by atoms with Crippen molar-refractivity contribution in [2.45, 2.75) is 25.4 Å². The van der Waals surface area contributed by atoms with Gasteiger partial charge in [-0.25, -0.2) is 4.79 Å². The number of fused-ring (bicyclic) bond motifs is 1. The maximum atomic E-state index is 12.3. The molecule has 1 aromatic carbocycles. The molecule has 0 saturated carbocycles. The van der Waals surface area contributed by atoms with Crippen LogP contribution in [-0.2, 0) is 16.1 Å². The molecule has 1 atom stereocenters. The van der Waals surface area contributed by atoms with Crippen LogP contribution in [0, 0.1) is 10.1 Å². The summed E-state index contributed by atoms with van der Waals surface area (Å²) in [5.41, 5.74) is -0.0226. The van der Waals surface area contributed by atoms with E-state index in [1.54, 1.807) is 0 Å². The van der Waals surface area contributed by atoms with E-state index in [2.05, 4.69) is 0 Å². The Bertz CT molecular complexity index is 670. The summed E-state index contributed by atoms with van der Waals surface area (Å²) in [7, 11) is 0. The predicted molar refractivity (Wildman–Crippen MR) is 71.3 cm³/mol. The smallest absolute Gasteiger partial charge is 0.326 e. The van der Waals surface area contributed by atoms with Crippen LogP contribution in [-0.4, -0.2) is 43.9 Å². The van der Waals surface area contributed by atoms with E-state index in [0.29, 0.717) is 0 Å². The summed E-state index contributed by atoms with van der Waals surface area (Å²) in [5.74, 6) is -3.16. The molecule has 2 rings (SSSR count). The van der Waals surface area contributed by atoms with Gasteiger partial charge >= 0.3 is 11.9 Å². The normalized spacial score (nSPS) is 14.5. The number of nitrogens with zero attached hydrogens (tertiary/aromatic N) is 2. The van der Waals surface area contributed by atoms with E-state index in [-0.39, 0.29) is 29.8 Å². The molecule has 22 heavy (non-hydrogen) atoms. The molecule has 0 saturated heterocycles. The molecule has 1 heterocycles. The van der Waals surface area contributed by atoms with Gasteiger partial charge in [0.1, 0.15) is 6.04 Å². The third-order valence-electron chi connectivity index (χ3n) is 3.46. The van der Waals surface area contributed by atoms with Gasteiger partial charge in [-0.15, -0.1) is 0 Å². The maximum Gasteiger partial charge on any atom is 0.326 e. The van der Waals surface area contributed by atoms with Gasteiger partial charge in [0.05, 0.1) is 22.6 Å². The monoisotopic (exact) mass is 308 g/mol. The molecule has 0 aliphatic carbocycles. The van der Waals surface area contributed by atoms with Gasteiger partial charge in [0.15, 0.2) is 0 Å². The van der Waals surface area contributed by atoms with E-state index < -0.39 is 35.2 Å². The van der Waals surface area contributed by atoms with Gasteiger partial charge < -0.3 is 15.1 Å². The lowest BCUT2D eigenvalue weighted by Crippen LogP contribution is -2.41. The number of carbonyl (C=O) groups is 3. The van der Waals surface area contributed by atoms with E-state index in [9.17, 15) is 29.6 Å². The number of amides is 1. The number of carboxylic acid groups (broad SMARTS) is 2. The van der Waals surface area contributed by atoms with Crippen LogP contribution >= 0.6 is 0 Å². The summed E-state index contributed by atoms with van der Waals surface area (Å²) in [5, 5.41) is 28.8. The molecular weight excluding hydrogens is 296 g/mol. The Hall–Kier alpha value is -2.97. The lowest BCUT2D eigenvalue weighted by atomic mass is 10.1. The SMILES string of the molecule is O=C(O)CC[C@@H](C(=O)O)N1Cc2c(cccc2[N+](=O)[O-])C1=O. The van der Waals surface area contributed by atoms with Crippen LogP contribution < -0.4 is 0 Å². The minimum Gasteiger partial charge on any atom is -0.481 e. The number of hydrogen-bond donors (Lipinski definition) is 2. The Kier molecular flexibility index (Phi) is 4.06. The molecule has 0 unspecified atom stereocenters. The van der Waals surface area contributed by atoms with E-state index in [1.165, 1.54) is 18.2 Å². The zero-order chi connectivity index (χ0) is 16.4. The zero-order valence-corrected chi connectivity index (χ0v) is 11.3. The zero-order valence-electron chi connectivity index (χ0n) is 11.3. The van der Waals surface area contributed by atoms with Crippen LogP contribution in [0.15, 0.2) is 18.2 Å². The second-order valence-corrected chi connectivity index (χ2v) is 4.78. The first-order valence-electron chi connectivity index (χ1n) is 6.34. The van der Waals surface area contributed by atoms with Crippen LogP contribution in [0.2, 0.25) is 0 Å². The topological polar surface area (TPSA) is 138 Å². The van der Waals surface area contributed by atoms with Crippen molar-refractivity contribution in [2.75, 3.05) is 0 Å². The number of carboxylic acids is 2. The highest BCUT2D eigenvalue weighted by Crippen LogP contribution is 2.32. The Labute approximate surface area is 123 Å². The first-order valence-corrected chi connectivity index (χ1v) is 6.34. The summed E-state index contributed by atoms with van der Waals surface area (Å²) in [6.07, 6.45) is -0.683. The van der Waals surface area contributed by atoms with Crippen LogP contribution in [0.5, 0.6) is 0 Å². The molecule has 2 N–H and O–H groups in total. The van der Waals surface area contributed by atoms with Crippen molar-refractivity contribution in [1.82, 2.24) is 4.90 Å². The molecule has 1 aliphatic rings. The van der Waals surface area contributed by atoms with Crippen molar-refractivity contribution in [3.8, 4) is 0 Å².